The van der Waals surface area contributed by atoms with Crippen molar-refractivity contribution in [1.29, 1.82) is 0 Å². The molecule has 11 aromatic rings. The minimum Gasteiger partial charge on any atom is -0.455 e. The van der Waals surface area contributed by atoms with Crippen molar-refractivity contribution in [2.75, 3.05) is 9.80 Å². The first-order chi connectivity index (χ1) is 27.3. The van der Waals surface area contributed by atoms with Gasteiger partial charge in [0.1, 0.15) is 11.2 Å². The van der Waals surface area contributed by atoms with Crippen LogP contribution in [-0.2, 0) is 0 Å². The Morgan fingerprint density at radius 1 is 0.291 bits per heavy atom. The van der Waals surface area contributed by atoms with E-state index >= 15 is 0 Å². The van der Waals surface area contributed by atoms with Crippen LogP contribution in [0.4, 0.5) is 34.1 Å². The van der Waals surface area contributed by atoms with Crippen molar-refractivity contribution in [2.24, 2.45) is 0 Å². The highest BCUT2D eigenvalue weighted by atomic mass is 16.3. The second kappa shape index (κ2) is 12.6. The van der Waals surface area contributed by atoms with E-state index in [0.29, 0.717) is 0 Å². The number of hydrogen-bond acceptors (Lipinski definition) is 3. The first kappa shape index (κ1) is 31.2. The summed E-state index contributed by atoms with van der Waals surface area (Å²) in [5, 5.41) is 11.7. The van der Waals surface area contributed by atoms with Gasteiger partial charge in [-0.15, -0.1) is 0 Å². The molecule has 258 valence electrons. The van der Waals surface area contributed by atoms with Gasteiger partial charge in [-0.3, -0.25) is 0 Å². The Morgan fingerprint density at radius 2 is 0.764 bits per heavy atom. The van der Waals surface area contributed by atoms with Crippen LogP contribution >= 0.6 is 0 Å². The average Bonchev–Trinajstić information content (AvgIpc) is 3.64. The van der Waals surface area contributed by atoms with E-state index in [9.17, 15) is 0 Å². The molecule has 0 saturated heterocycles. The number of nitrogens with zero attached hydrogens (tertiary/aromatic N) is 2. The van der Waals surface area contributed by atoms with Gasteiger partial charge < -0.3 is 14.2 Å². The molecule has 0 aliphatic rings. The molecule has 0 saturated carbocycles. The van der Waals surface area contributed by atoms with Crippen LogP contribution in [0.3, 0.4) is 0 Å². The minimum absolute atomic E-state index is 0.858. The molecule has 1 heterocycles. The van der Waals surface area contributed by atoms with E-state index in [1.807, 2.05) is 0 Å². The maximum absolute atomic E-state index is 7.01. The molecule has 0 fully saturated rings. The van der Waals surface area contributed by atoms with Gasteiger partial charge in [0, 0.05) is 55.7 Å². The van der Waals surface area contributed by atoms with Gasteiger partial charge in [0.05, 0.1) is 11.4 Å². The molecule has 0 aliphatic heterocycles. The third-order valence-corrected chi connectivity index (χ3v) is 11.0. The molecule has 0 bridgehead atoms. The van der Waals surface area contributed by atoms with Crippen LogP contribution in [-0.4, -0.2) is 0 Å². The summed E-state index contributed by atoms with van der Waals surface area (Å²) in [6.07, 6.45) is 0. The minimum atomic E-state index is 0.858. The standard InChI is InChI=1S/C52H34N2O/c1-3-19-37(20-4-1)53(48-27-13-17-35-15-7-9-23-41(35)48)39-29-31-45-47(33-39)43-25-11-12-26-44(43)51-46-32-30-40(34-50(46)55-52(45)51)54(38-21-5-2-6-22-38)49-28-14-18-36-16-8-10-24-42(36)49/h1-34H. The predicted molar refractivity (Wildman–Crippen MR) is 233 cm³/mol. The Morgan fingerprint density at radius 3 is 1.36 bits per heavy atom. The third kappa shape index (κ3) is 5.05. The average molecular weight is 703 g/mol. The Balaban J connectivity index is 1.14. The first-order valence-corrected chi connectivity index (χ1v) is 18.8. The zero-order valence-corrected chi connectivity index (χ0v) is 29.9. The van der Waals surface area contributed by atoms with Crippen molar-refractivity contribution in [1.82, 2.24) is 0 Å². The van der Waals surface area contributed by atoms with Crippen LogP contribution in [0, 0.1) is 0 Å². The molecule has 0 amide bonds. The summed E-state index contributed by atoms with van der Waals surface area (Å²) >= 11 is 0. The van der Waals surface area contributed by atoms with Crippen molar-refractivity contribution < 1.29 is 4.42 Å². The van der Waals surface area contributed by atoms with Crippen LogP contribution in [0.15, 0.2) is 211 Å². The maximum atomic E-state index is 7.01. The summed E-state index contributed by atoms with van der Waals surface area (Å²) in [6.45, 7) is 0. The summed E-state index contributed by atoms with van der Waals surface area (Å²) in [4.78, 5) is 4.71. The van der Waals surface area contributed by atoms with Gasteiger partial charge in [-0.25, -0.2) is 0 Å². The third-order valence-electron chi connectivity index (χ3n) is 11.0. The van der Waals surface area contributed by atoms with Gasteiger partial charge in [-0.05, 0) is 93.7 Å². The lowest BCUT2D eigenvalue weighted by atomic mass is 9.96. The Bertz CT molecular complexity index is 3210. The fourth-order valence-corrected chi connectivity index (χ4v) is 8.52. The van der Waals surface area contributed by atoms with E-state index in [1.54, 1.807) is 0 Å². The van der Waals surface area contributed by atoms with Gasteiger partial charge in [0.25, 0.3) is 0 Å². The van der Waals surface area contributed by atoms with Crippen LogP contribution < -0.4 is 9.80 Å². The predicted octanol–water partition coefficient (Wildman–Crippen LogP) is 15.1. The Labute approximate surface area is 318 Å². The summed E-state index contributed by atoms with van der Waals surface area (Å²) in [7, 11) is 0. The molecular weight excluding hydrogens is 669 g/mol. The molecule has 3 heteroatoms. The normalized spacial score (nSPS) is 11.6. The summed E-state index contributed by atoms with van der Waals surface area (Å²) in [6, 6.07) is 73.7. The molecule has 0 aliphatic carbocycles. The van der Waals surface area contributed by atoms with Crippen molar-refractivity contribution in [2.45, 2.75) is 0 Å². The molecule has 0 unspecified atom stereocenters. The van der Waals surface area contributed by atoms with E-state index in [-0.39, 0.29) is 0 Å². The molecule has 0 atom stereocenters. The van der Waals surface area contributed by atoms with Gasteiger partial charge in [0.2, 0.25) is 0 Å². The molecule has 3 nitrogen and oxygen atoms in total. The van der Waals surface area contributed by atoms with E-state index in [4.69, 9.17) is 4.42 Å². The monoisotopic (exact) mass is 702 g/mol. The molecule has 11 rings (SSSR count). The topological polar surface area (TPSA) is 19.6 Å². The van der Waals surface area contributed by atoms with E-state index < -0.39 is 0 Å². The lowest BCUT2D eigenvalue weighted by Gasteiger charge is -2.27. The molecule has 10 aromatic carbocycles. The van der Waals surface area contributed by atoms with Gasteiger partial charge >= 0.3 is 0 Å². The number of hydrogen-bond donors (Lipinski definition) is 0. The maximum Gasteiger partial charge on any atom is 0.143 e. The van der Waals surface area contributed by atoms with Gasteiger partial charge in [0.15, 0.2) is 0 Å². The highest BCUT2D eigenvalue weighted by Crippen LogP contribution is 2.46. The number of para-hydroxylation sites is 2. The molecule has 1 aromatic heterocycles. The fourth-order valence-electron chi connectivity index (χ4n) is 8.52. The van der Waals surface area contributed by atoms with Crippen molar-refractivity contribution >= 4 is 99.2 Å². The summed E-state index contributed by atoms with van der Waals surface area (Å²) < 4.78 is 7.01. The highest BCUT2D eigenvalue weighted by Gasteiger charge is 2.22. The van der Waals surface area contributed by atoms with Crippen molar-refractivity contribution in [3.8, 4) is 0 Å². The van der Waals surface area contributed by atoms with Crippen molar-refractivity contribution in [3.63, 3.8) is 0 Å². The molecular formula is C52H34N2O. The second-order valence-electron chi connectivity index (χ2n) is 14.1. The number of rotatable bonds is 6. The first-order valence-electron chi connectivity index (χ1n) is 18.8. The SMILES string of the molecule is c1ccc(N(c2ccc3c(c2)oc2c4ccc(N(c5ccccc5)c5cccc6ccccc56)cc4c4ccccc4c32)c2cccc3ccccc23)cc1. The van der Waals surface area contributed by atoms with Crippen LogP contribution in [0.5, 0.6) is 0 Å². The summed E-state index contributed by atoms with van der Waals surface area (Å²) in [5.41, 5.74) is 8.35. The lowest BCUT2D eigenvalue weighted by Crippen LogP contribution is -2.10. The van der Waals surface area contributed by atoms with Crippen molar-refractivity contribution in [3.05, 3.63) is 206 Å². The number of furan rings is 1. The summed E-state index contributed by atoms with van der Waals surface area (Å²) in [5.74, 6) is 0. The number of benzene rings is 10. The van der Waals surface area contributed by atoms with Gasteiger partial charge in [-0.2, -0.15) is 0 Å². The highest BCUT2D eigenvalue weighted by molar-refractivity contribution is 6.30. The smallest absolute Gasteiger partial charge is 0.143 e. The van der Waals surface area contributed by atoms with Crippen LogP contribution in [0.25, 0.3) is 65.0 Å². The largest absolute Gasteiger partial charge is 0.455 e. The van der Waals surface area contributed by atoms with E-state index in [2.05, 4.69) is 216 Å². The number of fused-ring (bicyclic) bond motifs is 10. The Kier molecular flexibility index (Phi) is 7.17. The van der Waals surface area contributed by atoms with E-state index in [1.165, 1.54) is 32.3 Å². The molecule has 0 radical (unpaired) electrons. The van der Waals surface area contributed by atoms with Crippen LogP contribution in [0.2, 0.25) is 0 Å². The lowest BCUT2D eigenvalue weighted by molar-refractivity contribution is 0.673. The molecule has 55 heavy (non-hydrogen) atoms. The van der Waals surface area contributed by atoms with E-state index in [0.717, 1.165) is 66.8 Å². The zero-order chi connectivity index (χ0) is 36.3. The molecule has 0 spiro atoms. The van der Waals surface area contributed by atoms with Crippen LogP contribution in [0.1, 0.15) is 0 Å². The second-order valence-corrected chi connectivity index (χ2v) is 14.1. The number of anilines is 6. The van der Waals surface area contributed by atoms with Gasteiger partial charge in [-0.1, -0.05) is 133 Å². The quantitative estimate of drug-likeness (QED) is 0.161. The zero-order valence-electron chi connectivity index (χ0n) is 29.9. The fraction of sp³-hybridized carbons (Fsp3) is 0. The molecule has 0 N–H and O–H groups in total. The Hall–Kier alpha value is -7.36.